The molecule has 2 rings (SSSR count). The van der Waals surface area contributed by atoms with E-state index in [1.54, 1.807) is 21.1 Å². The van der Waals surface area contributed by atoms with Crippen molar-refractivity contribution < 1.29 is 19.4 Å². The average molecular weight is 300 g/mol. The molecule has 0 aromatic heterocycles. The molecule has 0 bridgehead atoms. The molecule has 2 fully saturated rings. The van der Waals surface area contributed by atoms with Gasteiger partial charge in [-0.15, -0.1) is 0 Å². The second-order valence-electron chi connectivity index (χ2n) is 6.61. The lowest BCUT2D eigenvalue weighted by Crippen LogP contribution is -2.54. The van der Waals surface area contributed by atoms with Gasteiger partial charge in [0.2, 0.25) is 0 Å². The van der Waals surface area contributed by atoms with E-state index in [1.807, 2.05) is 0 Å². The van der Waals surface area contributed by atoms with E-state index in [2.05, 4.69) is 17.1 Å². The molecule has 0 aromatic carbocycles. The Kier molecular flexibility index (Phi) is 5.24. The Morgan fingerprint density at radius 3 is 2.24 bits per heavy atom. The van der Waals surface area contributed by atoms with Gasteiger partial charge in [-0.3, -0.25) is 15.0 Å². The number of nitrogens with one attached hydrogen (secondary N) is 1. The number of carbonyl (C=O) groups is 1. The van der Waals surface area contributed by atoms with Crippen molar-refractivity contribution >= 4 is 5.97 Å². The third-order valence-electron chi connectivity index (χ3n) is 4.75. The number of nitrogens with zero attached hydrogens (tertiary/aromatic N) is 1. The molecule has 0 aromatic rings. The van der Waals surface area contributed by atoms with Gasteiger partial charge >= 0.3 is 5.97 Å². The van der Waals surface area contributed by atoms with Gasteiger partial charge in [-0.25, -0.2) is 0 Å². The van der Waals surface area contributed by atoms with E-state index in [9.17, 15) is 9.90 Å². The predicted octanol–water partition coefficient (Wildman–Crippen LogP) is 0.706. The van der Waals surface area contributed by atoms with Crippen LogP contribution in [0.25, 0.3) is 0 Å². The van der Waals surface area contributed by atoms with Crippen LogP contribution in [-0.2, 0) is 14.3 Å². The summed E-state index contributed by atoms with van der Waals surface area (Å²) in [7, 11) is 3.39. The zero-order valence-electron chi connectivity index (χ0n) is 13.5. The molecule has 4 atom stereocenters. The molecular weight excluding hydrogens is 272 g/mol. The van der Waals surface area contributed by atoms with Crippen LogP contribution in [0.3, 0.4) is 0 Å². The Labute approximate surface area is 126 Å². The van der Waals surface area contributed by atoms with Crippen molar-refractivity contribution in [1.29, 1.82) is 0 Å². The molecule has 2 N–H and O–H groups in total. The van der Waals surface area contributed by atoms with Crippen molar-refractivity contribution in [3.63, 3.8) is 0 Å². The second kappa shape index (κ2) is 6.60. The first-order valence-electron chi connectivity index (χ1n) is 7.70. The first-order chi connectivity index (χ1) is 9.89. The highest BCUT2D eigenvalue weighted by Crippen LogP contribution is 2.27. The first-order valence-corrected chi connectivity index (χ1v) is 7.70. The summed E-state index contributed by atoms with van der Waals surface area (Å²) in [5.41, 5.74) is -0.867. The number of methoxy groups -OCH3 is 2. The summed E-state index contributed by atoms with van der Waals surface area (Å²) in [6, 6.07) is 0.533. The van der Waals surface area contributed by atoms with E-state index in [4.69, 9.17) is 9.47 Å². The number of hydrogen-bond donors (Lipinski definition) is 2. The highest BCUT2D eigenvalue weighted by Gasteiger charge is 2.42. The van der Waals surface area contributed by atoms with Crippen LogP contribution in [0, 0.1) is 0 Å². The van der Waals surface area contributed by atoms with Gasteiger partial charge in [0.25, 0.3) is 0 Å². The van der Waals surface area contributed by atoms with Crippen molar-refractivity contribution in [2.45, 2.75) is 62.9 Å². The summed E-state index contributed by atoms with van der Waals surface area (Å²) in [6.07, 6.45) is 2.86. The van der Waals surface area contributed by atoms with Crippen LogP contribution in [0.5, 0.6) is 0 Å². The fraction of sp³-hybridized carbons (Fsp3) is 0.933. The fourth-order valence-corrected chi connectivity index (χ4v) is 3.19. The molecule has 6 heteroatoms. The van der Waals surface area contributed by atoms with Crippen LogP contribution in [0.4, 0.5) is 0 Å². The van der Waals surface area contributed by atoms with E-state index in [-0.39, 0.29) is 18.2 Å². The maximum Gasteiger partial charge on any atom is 0.323 e. The Morgan fingerprint density at radius 2 is 1.86 bits per heavy atom. The van der Waals surface area contributed by atoms with Crippen LogP contribution in [0.1, 0.15) is 33.1 Å². The number of carboxylic acids is 1. The lowest BCUT2D eigenvalue weighted by molar-refractivity contribution is -0.145. The Balaban J connectivity index is 1.95. The van der Waals surface area contributed by atoms with Crippen LogP contribution >= 0.6 is 0 Å². The lowest BCUT2D eigenvalue weighted by atomic mass is 9.92. The molecule has 1 heterocycles. The molecule has 0 radical (unpaired) electrons. The van der Waals surface area contributed by atoms with E-state index in [1.165, 1.54) is 0 Å². The normalized spacial score (nSPS) is 31.0. The van der Waals surface area contributed by atoms with Crippen molar-refractivity contribution in [3.05, 3.63) is 0 Å². The van der Waals surface area contributed by atoms with Gasteiger partial charge in [-0.05, 0) is 33.1 Å². The standard InChI is InChI=1S/C15H28N2O4/c1-10(17-8-12(20-3)13(9-17)21-4)7-15(2,14(18)19)16-11-5-6-11/h10-13,16H,5-9H2,1-4H3,(H,18,19). The first kappa shape index (κ1) is 16.7. The lowest BCUT2D eigenvalue weighted by Gasteiger charge is -2.33. The smallest absolute Gasteiger partial charge is 0.323 e. The minimum absolute atomic E-state index is 0.0601. The van der Waals surface area contributed by atoms with Crippen LogP contribution in [-0.4, -0.2) is 73.1 Å². The molecule has 2 aliphatic rings. The number of carboxylic acid groups (broad SMARTS) is 1. The second-order valence-corrected chi connectivity index (χ2v) is 6.61. The molecule has 21 heavy (non-hydrogen) atoms. The van der Waals surface area contributed by atoms with Crippen molar-refractivity contribution in [1.82, 2.24) is 10.2 Å². The summed E-state index contributed by atoms with van der Waals surface area (Å²) in [4.78, 5) is 13.9. The molecule has 0 spiro atoms. The Bertz CT molecular complexity index is 363. The van der Waals surface area contributed by atoms with E-state index >= 15 is 0 Å². The van der Waals surface area contributed by atoms with E-state index in [0.717, 1.165) is 25.9 Å². The molecule has 0 amide bonds. The van der Waals surface area contributed by atoms with Gasteiger partial charge in [0.1, 0.15) is 5.54 Å². The van der Waals surface area contributed by atoms with Gasteiger partial charge in [0.05, 0.1) is 12.2 Å². The highest BCUT2D eigenvalue weighted by molar-refractivity contribution is 5.78. The molecule has 1 aliphatic carbocycles. The van der Waals surface area contributed by atoms with Crippen LogP contribution in [0.15, 0.2) is 0 Å². The Morgan fingerprint density at radius 1 is 1.33 bits per heavy atom. The summed E-state index contributed by atoms with van der Waals surface area (Å²) >= 11 is 0. The van der Waals surface area contributed by atoms with Crippen molar-refractivity contribution in [2.24, 2.45) is 0 Å². The monoisotopic (exact) mass is 300 g/mol. The predicted molar refractivity (Wildman–Crippen MR) is 79.4 cm³/mol. The van der Waals surface area contributed by atoms with Gasteiger partial charge in [-0.1, -0.05) is 0 Å². The topological polar surface area (TPSA) is 71.0 Å². The zero-order chi connectivity index (χ0) is 15.6. The number of rotatable bonds is 8. The maximum atomic E-state index is 11.6. The van der Waals surface area contributed by atoms with Gasteiger partial charge in [0, 0.05) is 39.4 Å². The molecule has 1 aliphatic heterocycles. The third kappa shape index (κ3) is 3.94. The van der Waals surface area contributed by atoms with Crippen LogP contribution in [0.2, 0.25) is 0 Å². The summed E-state index contributed by atoms with van der Waals surface area (Å²) in [6.45, 7) is 5.45. The summed E-state index contributed by atoms with van der Waals surface area (Å²) in [5.74, 6) is -0.771. The third-order valence-corrected chi connectivity index (χ3v) is 4.75. The van der Waals surface area contributed by atoms with E-state index < -0.39 is 11.5 Å². The minimum atomic E-state index is -0.867. The van der Waals surface area contributed by atoms with Gasteiger partial charge < -0.3 is 14.6 Å². The highest BCUT2D eigenvalue weighted by atomic mass is 16.5. The molecule has 1 saturated heterocycles. The minimum Gasteiger partial charge on any atom is -0.480 e. The molecule has 6 nitrogen and oxygen atoms in total. The van der Waals surface area contributed by atoms with Gasteiger partial charge in [0.15, 0.2) is 0 Å². The van der Waals surface area contributed by atoms with Crippen LogP contribution < -0.4 is 5.32 Å². The number of aliphatic carboxylic acids is 1. The SMILES string of the molecule is COC1CN(C(C)CC(C)(NC2CC2)C(=O)O)CC1OC. The number of ether oxygens (including phenoxy) is 2. The largest absolute Gasteiger partial charge is 0.480 e. The number of hydrogen-bond acceptors (Lipinski definition) is 5. The zero-order valence-corrected chi connectivity index (χ0v) is 13.5. The molecule has 4 unspecified atom stereocenters. The van der Waals surface area contributed by atoms with Crippen molar-refractivity contribution in [3.8, 4) is 0 Å². The summed E-state index contributed by atoms with van der Waals surface area (Å²) < 4.78 is 10.9. The maximum absolute atomic E-state index is 11.6. The average Bonchev–Trinajstić information content (AvgIpc) is 3.13. The molecule has 122 valence electrons. The van der Waals surface area contributed by atoms with E-state index in [0.29, 0.717) is 12.5 Å². The molecular formula is C15H28N2O4. The Hall–Kier alpha value is -0.690. The van der Waals surface area contributed by atoms with Gasteiger partial charge in [-0.2, -0.15) is 0 Å². The fourth-order valence-electron chi connectivity index (χ4n) is 3.19. The molecule has 1 saturated carbocycles. The quantitative estimate of drug-likeness (QED) is 0.688. The van der Waals surface area contributed by atoms with Crippen molar-refractivity contribution in [2.75, 3.05) is 27.3 Å². The summed E-state index contributed by atoms with van der Waals surface area (Å²) in [5, 5.41) is 12.8. The number of likely N-dealkylation sites (tertiary alicyclic amines) is 1.